The number of hydrogen-bond acceptors (Lipinski definition) is 5. The van der Waals surface area contributed by atoms with Crippen LogP contribution >= 0.6 is 23.1 Å². The van der Waals surface area contributed by atoms with E-state index in [-0.39, 0.29) is 5.91 Å². The summed E-state index contributed by atoms with van der Waals surface area (Å²) in [5.74, 6) is 0.306. The Morgan fingerprint density at radius 2 is 1.70 bits per heavy atom. The van der Waals surface area contributed by atoms with Crippen molar-refractivity contribution in [3.8, 4) is 11.3 Å². The quantitative estimate of drug-likeness (QED) is 0.481. The molecule has 0 fully saturated rings. The molecule has 0 aliphatic rings. The maximum absolute atomic E-state index is 12.2. The van der Waals surface area contributed by atoms with Crippen LogP contribution in [0.4, 0.5) is 0 Å². The van der Waals surface area contributed by atoms with E-state index in [9.17, 15) is 4.79 Å². The number of aromatic nitrogens is 2. The van der Waals surface area contributed by atoms with Gasteiger partial charge in [0.1, 0.15) is 10.7 Å². The number of fused-ring (bicyclic) bond motifs is 1. The molecule has 134 valence electrons. The van der Waals surface area contributed by atoms with E-state index < -0.39 is 0 Å². The molecule has 0 atom stereocenters. The summed E-state index contributed by atoms with van der Waals surface area (Å²) in [5.41, 5.74) is 1.89. The Balaban J connectivity index is 1.52. The van der Waals surface area contributed by atoms with Gasteiger partial charge in [-0.2, -0.15) is 0 Å². The molecule has 4 aromatic rings. The molecule has 0 unspecified atom stereocenters. The first-order valence-electron chi connectivity index (χ1n) is 8.54. The highest BCUT2D eigenvalue weighted by Crippen LogP contribution is 2.31. The van der Waals surface area contributed by atoms with Crippen molar-refractivity contribution in [2.75, 3.05) is 5.75 Å². The Bertz CT molecular complexity index is 1050. The minimum atomic E-state index is -0.00795. The molecule has 2 heterocycles. The van der Waals surface area contributed by atoms with E-state index in [4.69, 9.17) is 0 Å². The predicted molar refractivity (Wildman–Crippen MR) is 112 cm³/mol. The number of benzene rings is 2. The van der Waals surface area contributed by atoms with Gasteiger partial charge in [-0.1, -0.05) is 72.4 Å². The van der Waals surface area contributed by atoms with E-state index in [1.807, 2.05) is 72.1 Å². The zero-order chi connectivity index (χ0) is 18.5. The van der Waals surface area contributed by atoms with Crippen LogP contribution in [0.2, 0.25) is 0 Å². The number of nitrogens with one attached hydrogen (secondary N) is 1. The van der Waals surface area contributed by atoms with E-state index in [0.29, 0.717) is 12.3 Å². The largest absolute Gasteiger partial charge is 0.350 e. The Morgan fingerprint density at radius 3 is 2.48 bits per heavy atom. The van der Waals surface area contributed by atoms with E-state index in [1.165, 1.54) is 11.8 Å². The SMILES string of the molecule is O=C(CSc1nnc(-c2ccccc2)c2ccccc12)NCc1cccs1. The number of nitrogens with zero attached hydrogens (tertiary/aromatic N) is 2. The molecule has 27 heavy (non-hydrogen) atoms. The third-order valence-electron chi connectivity index (χ3n) is 4.08. The van der Waals surface area contributed by atoms with Crippen LogP contribution in [0.1, 0.15) is 4.88 Å². The van der Waals surface area contributed by atoms with Crippen molar-refractivity contribution in [2.24, 2.45) is 0 Å². The van der Waals surface area contributed by atoms with Crippen LogP contribution in [0, 0.1) is 0 Å². The summed E-state index contributed by atoms with van der Waals surface area (Å²) in [6, 6.07) is 22.1. The van der Waals surface area contributed by atoms with Gasteiger partial charge >= 0.3 is 0 Å². The number of amides is 1. The van der Waals surface area contributed by atoms with Gasteiger partial charge in [0.15, 0.2) is 0 Å². The van der Waals surface area contributed by atoms with Gasteiger partial charge in [0.2, 0.25) is 5.91 Å². The fourth-order valence-electron chi connectivity index (χ4n) is 2.78. The summed E-state index contributed by atoms with van der Waals surface area (Å²) in [6.07, 6.45) is 0. The van der Waals surface area contributed by atoms with E-state index in [0.717, 1.165) is 31.9 Å². The lowest BCUT2D eigenvalue weighted by Crippen LogP contribution is -2.24. The third-order valence-corrected chi connectivity index (χ3v) is 5.94. The lowest BCUT2D eigenvalue weighted by molar-refractivity contribution is -0.118. The summed E-state index contributed by atoms with van der Waals surface area (Å²) in [5, 5.41) is 16.6. The average molecular weight is 392 g/mol. The highest BCUT2D eigenvalue weighted by molar-refractivity contribution is 8.00. The normalized spacial score (nSPS) is 10.8. The molecule has 4 nitrogen and oxygen atoms in total. The van der Waals surface area contributed by atoms with Crippen LogP contribution in [-0.4, -0.2) is 21.9 Å². The molecule has 0 aliphatic heterocycles. The van der Waals surface area contributed by atoms with Crippen molar-refractivity contribution in [1.29, 1.82) is 0 Å². The van der Waals surface area contributed by atoms with Crippen LogP contribution < -0.4 is 5.32 Å². The Kier molecular flexibility index (Phi) is 5.46. The number of rotatable bonds is 6. The highest BCUT2D eigenvalue weighted by atomic mass is 32.2. The molecule has 1 N–H and O–H groups in total. The molecule has 0 radical (unpaired) electrons. The summed E-state index contributed by atoms with van der Waals surface area (Å²) < 4.78 is 0. The van der Waals surface area contributed by atoms with Crippen molar-refractivity contribution in [1.82, 2.24) is 15.5 Å². The number of hydrogen-bond donors (Lipinski definition) is 1. The maximum atomic E-state index is 12.2. The second kappa shape index (κ2) is 8.33. The summed E-state index contributed by atoms with van der Waals surface area (Å²) >= 11 is 3.05. The minimum Gasteiger partial charge on any atom is -0.350 e. The first-order valence-corrected chi connectivity index (χ1v) is 10.4. The van der Waals surface area contributed by atoms with Crippen LogP contribution in [0.25, 0.3) is 22.0 Å². The molecule has 4 rings (SSSR count). The average Bonchev–Trinajstić information content (AvgIpc) is 3.25. The summed E-state index contributed by atoms with van der Waals surface area (Å²) in [7, 11) is 0. The molecule has 6 heteroatoms. The van der Waals surface area contributed by atoms with Crippen LogP contribution in [0.15, 0.2) is 77.1 Å². The van der Waals surface area contributed by atoms with Gasteiger partial charge in [0, 0.05) is 21.2 Å². The fraction of sp³-hybridized carbons (Fsp3) is 0.0952. The summed E-state index contributed by atoms with van der Waals surface area (Å²) in [4.78, 5) is 13.3. The smallest absolute Gasteiger partial charge is 0.230 e. The molecule has 0 aliphatic carbocycles. The van der Waals surface area contributed by atoms with Gasteiger partial charge < -0.3 is 5.32 Å². The standard InChI is InChI=1S/C21H17N3OS2/c25-19(22-13-16-9-6-12-26-16)14-27-21-18-11-5-4-10-17(18)20(23-24-21)15-7-2-1-3-8-15/h1-12H,13-14H2,(H,22,25). The molecular weight excluding hydrogens is 374 g/mol. The Labute approximate surface area is 165 Å². The Morgan fingerprint density at radius 1 is 0.926 bits per heavy atom. The minimum absolute atomic E-state index is 0.00795. The molecule has 2 aromatic heterocycles. The molecule has 1 amide bonds. The monoisotopic (exact) mass is 391 g/mol. The predicted octanol–water partition coefficient (Wildman–Crippen LogP) is 4.77. The van der Waals surface area contributed by atoms with Gasteiger partial charge in [0.05, 0.1) is 12.3 Å². The van der Waals surface area contributed by atoms with E-state index in [2.05, 4.69) is 15.5 Å². The Hall–Kier alpha value is -2.70. The molecular formula is C21H17N3OS2. The second-order valence-corrected chi connectivity index (χ2v) is 7.91. The zero-order valence-corrected chi connectivity index (χ0v) is 16.1. The molecule has 0 spiro atoms. The number of carbonyl (C=O) groups excluding carboxylic acids is 1. The van der Waals surface area contributed by atoms with E-state index >= 15 is 0 Å². The van der Waals surface area contributed by atoms with Crippen molar-refractivity contribution >= 4 is 39.8 Å². The first-order chi connectivity index (χ1) is 13.3. The molecule has 2 aromatic carbocycles. The van der Waals surface area contributed by atoms with Gasteiger partial charge in [-0.3, -0.25) is 4.79 Å². The second-order valence-electron chi connectivity index (χ2n) is 5.91. The van der Waals surface area contributed by atoms with Crippen molar-refractivity contribution < 1.29 is 4.79 Å². The third kappa shape index (κ3) is 4.18. The van der Waals surface area contributed by atoms with Gasteiger partial charge in [-0.15, -0.1) is 21.5 Å². The fourth-order valence-corrected chi connectivity index (χ4v) is 4.23. The van der Waals surface area contributed by atoms with Gasteiger partial charge in [-0.25, -0.2) is 0 Å². The number of thiophene rings is 1. The van der Waals surface area contributed by atoms with Crippen molar-refractivity contribution in [2.45, 2.75) is 11.6 Å². The van der Waals surface area contributed by atoms with Gasteiger partial charge in [0.25, 0.3) is 0 Å². The maximum Gasteiger partial charge on any atom is 0.230 e. The highest BCUT2D eigenvalue weighted by Gasteiger charge is 2.12. The molecule has 0 saturated heterocycles. The van der Waals surface area contributed by atoms with Crippen molar-refractivity contribution in [3.63, 3.8) is 0 Å². The summed E-state index contributed by atoms with van der Waals surface area (Å²) in [6.45, 7) is 0.566. The van der Waals surface area contributed by atoms with Gasteiger partial charge in [-0.05, 0) is 11.4 Å². The molecule has 0 saturated carbocycles. The van der Waals surface area contributed by atoms with Crippen LogP contribution in [0.3, 0.4) is 0 Å². The molecule has 0 bridgehead atoms. The number of thioether (sulfide) groups is 1. The van der Waals surface area contributed by atoms with Crippen LogP contribution in [-0.2, 0) is 11.3 Å². The topological polar surface area (TPSA) is 54.9 Å². The lowest BCUT2D eigenvalue weighted by atomic mass is 10.1. The van der Waals surface area contributed by atoms with E-state index in [1.54, 1.807) is 11.3 Å². The van der Waals surface area contributed by atoms with Crippen molar-refractivity contribution in [3.05, 3.63) is 77.0 Å². The lowest BCUT2D eigenvalue weighted by Gasteiger charge is -2.09. The first kappa shape index (κ1) is 17.7. The number of carbonyl (C=O) groups is 1. The zero-order valence-electron chi connectivity index (χ0n) is 14.5. The van der Waals surface area contributed by atoms with Crippen LogP contribution in [0.5, 0.6) is 0 Å².